The largest absolute Gasteiger partial charge is 0.352 e. The van der Waals surface area contributed by atoms with Gasteiger partial charge < -0.3 is 10.6 Å². The first-order valence-electron chi connectivity index (χ1n) is 6.19. The number of sulfone groups is 1. The van der Waals surface area contributed by atoms with Gasteiger partial charge in [-0.25, -0.2) is 8.42 Å². The predicted molar refractivity (Wildman–Crippen MR) is 65.3 cm³/mol. The van der Waals surface area contributed by atoms with Crippen molar-refractivity contribution >= 4 is 15.7 Å². The lowest BCUT2D eigenvalue weighted by Gasteiger charge is -2.25. The van der Waals surface area contributed by atoms with Gasteiger partial charge in [-0.3, -0.25) is 4.79 Å². The van der Waals surface area contributed by atoms with Gasteiger partial charge in [0.15, 0.2) is 9.84 Å². The molecule has 0 saturated carbocycles. The minimum atomic E-state index is -2.94. The Morgan fingerprint density at radius 2 is 2.12 bits per heavy atom. The Hall–Kier alpha value is -0.620. The quantitative estimate of drug-likeness (QED) is 0.704. The van der Waals surface area contributed by atoms with Crippen LogP contribution in [0.4, 0.5) is 0 Å². The smallest absolute Gasteiger partial charge is 0.224 e. The number of carbonyl (C=O) groups is 1. The van der Waals surface area contributed by atoms with Crippen LogP contribution in [0.25, 0.3) is 0 Å². The van der Waals surface area contributed by atoms with E-state index in [1.807, 2.05) is 6.92 Å². The van der Waals surface area contributed by atoms with E-state index in [-0.39, 0.29) is 29.4 Å². The molecule has 2 heterocycles. The molecule has 98 valence electrons. The monoisotopic (exact) mass is 260 g/mol. The van der Waals surface area contributed by atoms with Crippen molar-refractivity contribution in [3.63, 3.8) is 0 Å². The van der Waals surface area contributed by atoms with Crippen LogP contribution in [-0.2, 0) is 14.6 Å². The van der Waals surface area contributed by atoms with Crippen LogP contribution in [0.1, 0.15) is 19.8 Å². The third kappa shape index (κ3) is 3.19. The topological polar surface area (TPSA) is 75.3 Å². The maximum atomic E-state index is 12.0. The highest BCUT2D eigenvalue weighted by atomic mass is 32.2. The average molecular weight is 260 g/mol. The molecular formula is C11H20N2O3S. The molecule has 2 saturated heterocycles. The van der Waals surface area contributed by atoms with Crippen molar-refractivity contribution in [3.05, 3.63) is 0 Å². The van der Waals surface area contributed by atoms with Crippen LogP contribution in [-0.4, -0.2) is 45.0 Å². The summed E-state index contributed by atoms with van der Waals surface area (Å²) < 4.78 is 22.9. The zero-order valence-corrected chi connectivity index (χ0v) is 10.9. The summed E-state index contributed by atoms with van der Waals surface area (Å²) in [6.07, 6.45) is 1.44. The number of nitrogens with one attached hydrogen (secondary N) is 2. The van der Waals surface area contributed by atoms with Crippen molar-refractivity contribution in [1.29, 1.82) is 0 Å². The van der Waals surface area contributed by atoms with Crippen LogP contribution in [0.5, 0.6) is 0 Å². The molecule has 2 aliphatic heterocycles. The van der Waals surface area contributed by atoms with E-state index in [0.717, 1.165) is 13.0 Å². The fourth-order valence-electron chi connectivity index (χ4n) is 2.61. The van der Waals surface area contributed by atoms with Gasteiger partial charge in [0.1, 0.15) is 0 Å². The third-order valence-corrected chi connectivity index (χ3v) is 5.48. The Balaban J connectivity index is 1.90. The van der Waals surface area contributed by atoms with Gasteiger partial charge in [-0.05, 0) is 25.3 Å². The van der Waals surface area contributed by atoms with Gasteiger partial charge in [-0.1, -0.05) is 6.92 Å². The van der Waals surface area contributed by atoms with Gasteiger partial charge in [0.05, 0.1) is 17.4 Å². The average Bonchev–Trinajstić information content (AvgIpc) is 2.62. The summed E-state index contributed by atoms with van der Waals surface area (Å²) >= 11 is 0. The number of hydrogen-bond donors (Lipinski definition) is 2. The van der Waals surface area contributed by atoms with E-state index in [1.165, 1.54) is 0 Å². The molecule has 0 aromatic heterocycles. The third-order valence-electron chi connectivity index (χ3n) is 3.66. The van der Waals surface area contributed by atoms with Gasteiger partial charge >= 0.3 is 0 Å². The van der Waals surface area contributed by atoms with Crippen LogP contribution in [0.15, 0.2) is 0 Å². The Morgan fingerprint density at radius 3 is 2.71 bits per heavy atom. The number of carbonyl (C=O) groups excluding carboxylic acids is 1. The van der Waals surface area contributed by atoms with Gasteiger partial charge in [-0.15, -0.1) is 0 Å². The molecular weight excluding hydrogens is 240 g/mol. The van der Waals surface area contributed by atoms with Crippen molar-refractivity contribution < 1.29 is 13.2 Å². The van der Waals surface area contributed by atoms with Crippen LogP contribution in [0, 0.1) is 11.8 Å². The normalized spacial score (nSPS) is 36.6. The highest BCUT2D eigenvalue weighted by Gasteiger charge is 2.32. The van der Waals surface area contributed by atoms with Crippen molar-refractivity contribution in [1.82, 2.24) is 10.6 Å². The molecule has 17 heavy (non-hydrogen) atoms. The lowest BCUT2D eigenvalue weighted by atomic mass is 9.97. The molecule has 0 radical (unpaired) electrons. The molecule has 2 aliphatic rings. The van der Waals surface area contributed by atoms with Crippen molar-refractivity contribution in [2.24, 2.45) is 11.8 Å². The number of amides is 1. The summed E-state index contributed by atoms with van der Waals surface area (Å²) in [6.45, 7) is 3.61. The van der Waals surface area contributed by atoms with E-state index in [2.05, 4.69) is 10.6 Å². The summed E-state index contributed by atoms with van der Waals surface area (Å²) in [5.74, 6) is 0.688. The molecule has 1 amide bonds. The first kappa shape index (κ1) is 12.8. The van der Waals surface area contributed by atoms with Crippen molar-refractivity contribution in [2.45, 2.75) is 25.8 Å². The highest BCUT2D eigenvalue weighted by molar-refractivity contribution is 7.91. The van der Waals surface area contributed by atoms with Crippen molar-refractivity contribution in [3.8, 4) is 0 Å². The van der Waals surface area contributed by atoms with Crippen molar-refractivity contribution in [2.75, 3.05) is 24.6 Å². The maximum absolute atomic E-state index is 12.0. The Bertz CT molecular complexity index is 394. The molecule has 6 heteroatoms. The SMILES string of the molecule is CC1CNCC1C(=O)NC1CCCS(=O)(=O)C1. The fourth-order valence-corrected chi connectivity index (χ4v) is 4.24. The van der Waals surface area contributed by atoms with E-state index in [1.54, 1.807) is 0 Å². The van der Waals surface area contributed by atoms with E-state index >= 15 is 0 Å². The molecule has 2 N–H and O–H groups in total. The van der Waals surface area contributed by atoms with Crippen LogP contribution in [0.2, 0.25) is 0 Å². The summed E-state index contributed by atoms with van der Waals surface area (Å²) in [6, 6.07) is -0.186. The lowest BCUT2D eigenvalue weighted by Crippen LogP contribution is -2.46. The molecule has 3 atom stereocenters. The first-order valence-corrected chi connectivity index (χ1v) is 8.01. The predicted octanol–water partition coefficient (Wildman–Crippen LogP) is -0.465. The molecule has 0 aliphatic carbocycles. The molecule has 0 aromatic rings. The first-order chi connectivity index (χ1) is 7.98. The Kier molecular flexibility index (Phi) is 3.73. The zero-order chi connectivity index (χ0) is 12.5. The molecule has 2 rings (SSSR count). The molecule has 2 fully saturated rings. The van der Waals surface area contributed by atoms with E-state index in [9.17, 15) is 13.2 Å². The molecule has 0 aromatic carbocycles. The molecule has 0 spiro atoms. The van der Waals surface area contributed by atoms with Gasteiger partial charge in [0.25, 0.3) is 0 Å². The molecule has 3 unspecified atom stereocenters. The van der Waals surface area contributed by atoms with Crippen LogP contribution >= 0.6 is 0 Å². The van der Waals surface area contributed by atoms with Crippen LogP contribution < -0.4 is 10.6 Å². The second-order valence-electron chi connectivity index (χ2n) is 5.20. The van der Waals surface area contributed by atoms with Gasteiger partial charge in [-0.2, -0.15) is 0 Å². The van der Waals surface area contributed by atoms with Gasteiger partial charge in [0, 0.05) is 12.6 Å². The summed E-state index contributed by atoms with van der Waals surface area (Å²) in [5, 5.41) is 6.07. The Labute approximate surface area is 102 Å². The second kappa shape index (κ2) is 4.94. The number of hydrogen-bond acceptors (Lipinski definition) is 4. The Morgan fingerprint density at radius 1 is 1.35 bits per heavy atom. The fraction of sp³-hybridized carbons (Fsp3) is 0.909. The van der Waals surface area contributed by atoms with Gasteiger partial charge in [0.2, 0.25) is 5.91 Å². The summed E-state index contributed by atoms with van der Waals surface area (Å²) in [4.78, 5) is 12.0. The minimum Gasteiger partial charge on any atom is -0.352 e. The van der Waals surface area contributed by atoms with E-state index < -0.39 is 9.84 Å². The van der Waals surface area contributed by atoms with Crippen LogP contribution in [0.3, 0.4) is 0 Å². The van der Waals surface area contributed by atoms with E-state index in [0.29, 0.717) is 18.9 Å². The second-order valence-corrected chi connectivity index (χ2v) is 7.43. The standard InChI is InChI=1S/C11H20N2O3S/c1-8-5-12-6-10(8)11(14)13-9-3-2-4-17(15,16)7-9/h8-10,12H,2-7H2,1H3,(H,13,14). The molecule has 0 bridgehead atoms. The highest BCUT2D eigenvalue weighted by Crippen LogP contribution is 2.18. The maximum Gasteiger partial charge on any atom is 0.224 e. The van der Waals surface area contributed by atoms with E-state index in [4.69, 9.17) is 0 Å². The summed E-state index contributed by atoms with van der Waals surface area (Å²) in [5.41, 5.74) is 0. The minimum absolute atomic E-state index is 0.00426. The summed E-state index contributed by atoms with van der Waals surface area (Å²) in [7, 11) is -2.94. The lowest BCUT2D eigenvalue weighted by molar-refractivity contribution is -0.126. The number of rotatable bonds is 2. The zero-order valence-electron chi connectivity index (χ0n) is 10.1. The molecule has 5 nitrogen and oxygen atoms in total.